The first kappa shape index (κ1) is 21.2. The summed E-state index contributed by atoms with van der Waals surface area (Å²) in [6.45, 7) is 0.298. The van der Waals surface area contributed by atoms with Crippen LogP contribution in [0.5, 0.6) is 0 Å². The highest BCUT2D eigenvalue weighted by Gasteiger charge is 2.33. The lowest BCUT2D eigenvalue weighted by molar-refractivity contribution is -0.127. The lowest BCUT2D eigenvalue weighted by Crippen LogP contribution is -2.51. The molecule has 1 heterocycles. The van der Waals surface area contributed by atoms with Gasteiger partial charge in [0.25, 0.3) is 0 Å². The van der Waals surface area contributed by atoms with Gasteiger partial charge in [0.05, 0.1) is 30.6 Å². The zero-order chi connectivity index (χ0) is 20.0. The third kappa shape index (κ3) is 6.01. The lowest BCUT2D eigenvalue weighted by Gasteiger charge is -2.36. The van der Waals surface area contributed by atoms with Gasteiger partial charge in [-0.1, -0.05) is 36.8 Å². The van der Waals surface area contributed by atoms with Crippen molar-refractivity contribution in [3.05, 3.63) is 35.9 Å². The summed E-state index contributed by atoms with van der Waals surface area (Å²) in [7, 11) is -3.53. The Morgan fingerprint density at radius 1 is 1.14 bits per heavy atom. The van der Waals surface area contributed by atoms with Crippen LogP contribution in [0.4, 0.5) is 0 Å². The molecule has 1 saturated carbocycles. The van der Waals surface area contributed by atoms with Crippen LogP contribution < -0.4 is 10.0 Å². The molecule has 0 aromatic heterocycles. The van der Waals surface area contributed by atoms with Gasteiger partial charge in [0, 0.05) is 12.5 Å². The molecule has 7 nitrogen and oxygen atoms in total. The number of benzene rings is 1. The molecule has 1 saturated heterocycles. The highest BCUT2D eigenvalue weighted by molar-refractivity contribution is 7.88. The zero-order valence-corrected chi connectivity index (χ0v) is 16.9. The largest absolute Gasteiger partial charge is 0.394 e. The number of hydrogen-bond donors (Lipinski definition) is 3. The standard InChI is InChI=1S/C20H30N2O5S/c23-13-19-18(22-28(25,26)14-15-5-2-1-3-6-15)10-9-17(27-19)11-12-21-20(24)16-7-4-8-16/h1-3,5-6,16-19,22-23H,4,7-14H2,(H,21,24)/t17-,18-,19+/m1/s1. The summed E-state index contributed by atoms with van der Waals surface area (Å²) in [5, 5.41) is 12.6. The van der Waals surface area contributed by atoms with Crippen molar-refractivity contribution in [1.29, 1.82) is 0 Å². The molecule has 1 amide bonds. The van der Waals surface area contributed by atoms with Gasteiger partial charge in [-0.25, -0.2) is 13.1 Å². The molecule has 156 valence electrons. The van der Waals surface area contributed by atoms with Crippen molar-refractivity contribution in [3.8, 4) is 0 Å². The fourth-order valence-corrected chi connectivity index (χ4v) is 5.16. The van der Waals surface area contributed by atoms with Gasteiger partial charge >= 0.3 is 0 Å². The minimum Gasteiger partial charge on any atom is -0.394 e. The molecule has 3 atom stereocenters. The number of aliphatic hydroxyl groups excluding tert-OH is 1. The number of carbonyl (C=O) groups excluding carboxylic acids is 1. The van der Waals surface area contributed by atoms with E-state index in [1.807, 2.05) is 6.07 Å². The van der Waals surface area contributed by atoms with E-state index < -0.39 is 22.2 Å². The first-order valence-electron chi connectivity index (χ1n) is 10.0. The number of carbonyl (C=O) groups is 1. The summed E-state index contributed by atoms with van der Waals surface area (Å²) < 4.78 is 33.5. The van der Waals surface area contributed by atoms with Crippen LogP contribution in [0.15, 0.2) is 30.3 Å². The van der Waals surface area contributed by atoms with E-state index in [1.165, 1.54) is 0 Å². The molecule has 3 rings (SSSR count). The van der Waals surface area contributed by atoms with E-state index in [2.05, 4.69) is 10.0 Å². The van der Waals surface area contributed by atoms with Gasteiger partial charge < -0.3 is 15.2 Å². The van der Waals surface area contributed by atoms with Crippen molar-refractivity contribution in [3.63, 3.8) is 0 Å². The van der Waals surface area contributed by atoms with Crippen molar-refractivity contribution in [2.24, 2.45) is 5.92 Å². The Balaban J connectivity index is 1.45. The molecule has 0 radical (unpaired) electrons. The number of hydrogen-bond acceptors (Lipinski definition) is 5. The van der Waals surface area contributed by atoms with Crippen molar-refractivity contribution >= 4 is 15.9 Å². The topological polar surface area (TPSA) is 105 Å². The van der Waals surface area contributed by atoms with Crippen LogP contribution in [0.1, 0.15) is 44.1 Å². The first-order chi connectivity index (χ1) is 13.5. The van der Waals surface area contributed by atoms with Crippen LogP contribution >= 0.6 is 0 Å². The van der Waals surface area contributed by atoms with Gasteiger partial charge in [0.2, 0.25) is 15.9 Å². The molecule has 0 unspecified atom stereocenters. The molecule has 0 spiro atoms. The highest BCUT2D eigenvalue weighted by atomic mass is 32.2. The fourth-order valence-electron chi connectivity index (χ4n) is 3.72. The SMILES string of the molecule is O=C(NCC[C@H]1CC[C@@H](NS(=O)(=O)Cc2ccccc2)[C@H](CO)O1)C1CCC1. The van der Waals surface area contributed by atoms with E-state index >= 15 is 0 Å². The second-order valence-corrected chi connectivity index (χ2v) is 9.49. The van der Waals surface area contributed by atoms with Crippen LogP contribution in [0, 0.1) is 5.92 Å². The number of nitrogens with one attached hydrogen (secondary N) is 2. The number of aliphatic hydroxyl groups is 1. The van der Waals surface area contributed by atoms with Crippen molar-refractivity contribution in [2.45, 2.75) is 62.5 Å². The van der Waals surface area contributed by atoms with Gasteiger partial charge in [0.1, 0.15) is 0 Å². The second kappa shape index (κ2) is 9.82. The van der Waals surface area contributed by atoms with Crippen LogP contribution in [0.25, 0.3) is 0 Å². The number of amides is 1. The van der Waals surface area contributed by atoms with E-state index in [-0.39, 0.29) is 30.3 Å². The summed E-state index contributed by atoms with van der Waals surface area (Å²) in [5.41, 5.74) is 0.715. The molecule has 1 aromatic rings. The lowest BCUT2D eigenvalue weighted by atomic mass is 9.85. The highest BCUT2D eigenvalue weighted by Crippen LogP contribution is 2.26. The monoisotopic (exact) mass is 410 g/mol. The van der Waals surface area contributed by atoms with Gasteiger partial charge in [-0.3, -0.25) is 4.79 Å². The Labute approximate surface area is 166 Å². The Morgan fingerprint density at radius 2 is 1.89 bits per heavy atom. The van der Waals surface area contributed by atoms with E-state index in [0.717, 1.165) is 19.3 Å². The van der Waals surface area contributed by atoms with E-state index in [9.17, 15) is 18.3 Å². The molecule has 28 heavy (non-hydrogen) atoms. The number of rotatable bonds is 9. The predicted molar refractivity (Wildman–Crippen MR) is 106 cm³/mol. The van der Waals surface area contributed by atoms with E-state index in [1.54, 1.807) is 24.3 Å². The molecule has 3 N–H and O–H groups in total. The van der Waals surface area contributed by atoms with Crippen molar-refractivity contribution in [1.82, 2.24) is 10.0 Å². The minimum atomic E-state index is -3.53. The fraction of sp³-hybridized carbons (Fsp3) is 0.650. The molecule has 8 heteroatoms. The predicted octanol–water partition coefficient (Wildman–Crippen LogP) is 1.32. The second-order valence-electron chi connectivity index (χ2n) is 7.73. The van der Waals surface area contributed by atoms with Crippen molar-refractivity contribution in [2.75, 3.05) is 13.2 Å². The Morgan fingerprint density at radius 3 is 2.54 bits per heavy atom. The van der Waals surface area contributed by atoms with Crippen LogP contribution in [0.3, 0.4) is 0 Å². The Kier molecular flexibility index (Phi) is 7.45. The van der Waals surface area contributed by atoms with Crippen LogP contribution in [-0.2, 0) is 25.3 Å². The molecule has 0 bridgehead atoms. The molecular weight excluding hydrogens is 380 g/mol. The van der Waals surface area contributed by atoms with Crippen molar-refractivity contribution < 1.29 is 23.1 Å². The van der Waals surface area contributed by atoms with Gasteiger partial charge in [0.15, 0.2) is 0 Å². The summed E-state index contributed by atoms with van der Waals surface area (Å²) >= 11 is 0. The average Bonchev–Trinajstić information content (AvgIpc) is 2.61. The Hall–Kier alpha value is -1.48. The van der Waals surface area contributed by atoms with Gasteiger partial charge in [-0.2, -0.15) is 0 Å². The maximum atomic E-state index is 12.5. The maximum absolute atomic E-state index is 12.5. The van der Waals surface area contributed by atoms with Gasteiger partial charge in [-0.05, 0) is 37.7 Å². The normalized spacial score (nSPS) is 25.8. The maximum Gasteiger partial charge on any atom is 0.223 e. The third-order valence-electron chi connectivity index (χ3n) is 5.57. The summed E-state index contributed by atoms with van der Waals surface area (Å²) in [5.74, 6) is 0.187. The number of sulfonamides is 1. The molecule has 2 aliphatic rings. The van der Waals surface area contributed by atoms with Gasteiger partial charge in [-0.15, -0.1) is 0 Å². The summed E-state index contributed by atoms with van der Waals surface area (Å²) in [6, 6.07) is 8.55. The van der Waals surface area contributed by atoms with E-state index in [4.69, 9.17) is 4.74 Å². The quantitative estimate of drug-likeness (QED) is 0.570. The summed E-state index contributed by atoms with van der Waals surface area (Å²) in [6.07, 6.45) is 4.36. The smallest absolute Gasteiger partial charge is 0.223 e. The molecule has 2 fully saturated rings. The molecule has 1 aliphatic heterocycles. The number of ether oxygens (including phenoxy) is 1. The minimum absolute atomic E-state index is 0.0892. The average molecular weight is 411 g/mol. The first-order valence-corrected chi connectivity index (χ1v) is 11.7. The molecular formula is C20H30N2O5S. The van der Waals surface area contributed by atoms with Crippen LogP contribution in [0.2, 0.25) is 0 Å². The Bertz CT molecular complexity index is 736. The molecule has 1 aliphatic carbocycles. The third-order valence-corrected chi connectivity index (χ3v) is 6.94. The van der Waals surface area contributed by atoms with E-state index in [0.29, 0.717) is 31.4 Å². The zero-order valence-electron chi connectivity index (χ0n) is 16.0. The molecule has 1 aromatic carbocycles. The summed E-state index contributed by atoms with van der Waals surface area (Å²) in [4.78, 5) is 11.9. The van der Waals surface area contributed by atoms with Crippen LogP contribution in [-0.4, -0.2) is 50.8 Å².